The third-order valence-corrected chi connectivity index (χ3v) is 3.13. The average Bonchev–Trinajstić information content (AvgIpc) is 2.37. The van der Waals surface area contributed by atoms with Gasteiger partial charge < -0.3 is 14.7 Å². The minimum Gasteiger partial charge on any atom is -0.479 e. The summed E-state index contributed by atoms with van der Waals surface area (Å²) in [5.41, 5.74) is 0.315. The van der Waals surface area contributed by atoms with Gasteiger partial charge in [-0.3, -0.25) is 9.78 Å². The molecule has 0 spiro atoms. The highest BCUT2D eigenvalue weighted by Crippen LogP contribution is 2.19. The van der Waals surface area contributed by atoms with E-state index >= 15 is 0 Å². The van der Waals surface area contributed by atoms with Gasteiger partial charge in [-0.25, -0.2) is 4.79 Å². The molecule has 0 bridgehead atoms. The highest BCUT2D eigenvalue weighted by atomic mass is 35.5. The first-order valence-electron chi connectivity index (χ1n) is 5.76. The van der Waals surface area contributed by atoms with Crippen LogP contribution in [0.15, 0.2) is 18.5 Å². The van der Waals surface area contributed by atoms with Gasteiger partial charge in [0.05, 0.1) is 23.2 Å². The van der Waals surface area contributed by atoms with Crippen molar-refractivity contribution in [3.05, 3.63) is 29.0 Å². The predicted molar refractivity (Wildman–Crippen MR) is 67.1 cm³/mol. The quantitative estimate of drug-likeness (QED) is 0.878. The maximum Gasteiger partial charge on any atom is 0.334 e. The largest absolute Gasteiger partial charge is 0.479 e. The summed E-state index contributed by atoms with van der Waals surface area (Å²) in [5.74, 6) is -1.39. The minimum atomic E-state index is -1.08. The molecule has 1 unspecified atom stereocenters. The normalized spacial score (nSPS) is 23.2. The summed E-state index contributed by atoms with van der Waals surface area (Å²) >= 11 is 5.92. The Kier molecular flexibility index (Phi) is 4.01. The zero-order chi connectivity index (χ0) is 14.0. The summed E-state index contributed by atoms with van der Waals surface area (Å²) < 4.78 is 5.26. The van der Waals surface area contributed by atoms with Gasteiger partial charge in [0.25, 0.3) is 5.91 Å². The van der Waals surface area contributed by atoms with Gasteiger partial charge in [-0.2, -0.15) is 0 Å². The lowest BCUT2D eigenvalue weighted by atomic mass is 10.1. The molecule has 7 heteroatoms. The molecule has 6 nitrogen and oxygen atoms in total. The number of carboxylic acid groups (broad SMARTS) is 1. The lowest BCUT2D eigenvalue weighted by molar-refractivity contribution is -0.160. The van der Waals surface area contributed by atoms with Gasteiger partial charge in [-0.05, 0) is 13.0 Å². The van der Waals surface area contributed by atoms with Crippen molar-refractivity contribution < 1.29 is 19.4 Å². The number of ether oxygens (including phenoxy) is 1. The summed E-state index contributed by atoms with van der Waals surface area (Å²) in [4.78, 5) is 28.5. The number of morpholine rings is 1. The highest BCUT2D eigenvalue weighted by Gasteiger charge is 2.33. The lowest BCUT2D eigenvalue weighted by Crippen LogP contribution is -2.51. The molecular weight excluding hydrogens is 272 g/mol. The van der Waals surface area contributed by atoms with E-state index in [2.05, 4.69) is 4.98 Å². The van der Waals surface area contributed by atoms with E-state index in [1.807, 2.05) is 0 Å². The van der Waals surface area contributed by atoms with Gasteiger partial charge in [-0.1, -0.05) is 11.6 Å². The third kappa shape index (κ3) is 3.02. The van der Waals surface area contributed by atoms with Crippen LogP contribution in [0.5, 0.6) is 0 Å². The van der Waals surface area contributed by atoms with Crippen LogP contribution in [-0.2, 0) is 9.53 Å². The number of pyridine rings is 1. The Bertz CT molecular complexity index is 508. The number of aromatic nitrogens is 1. The summed E-state index contributed by atoms with van der Waals surface area (Å²) in [5, 5.41) is 9.23. The first kappa shape index (κ1) is 13.8. The Labute approximate surface area is 114 Å². The molecule has 102 valence electrons. The van der Waals surface area contributed by atoms with Crippen LogP contribution in [-0.4, -0.2) is 52.2 Å². The van der Waals surface area contributed by atoms with Crippen molar-refractivity contribution in [3.63, 3.8) is 0 Å². The van der Waals surface area contributed by atoms with Crippen LogP contribution in [0.4, 0.5) is 0 Å². The first-order chi connectivity index (χ1) is 8.99. The number of nitrogens with zero attached hydrogens (tertiary/aromatic N) is 2. The lowest BCUT2D eigenvalue weighted by Gasteiger charge is -2.35. The SMILES string of the molecule is C[C@@H]1CN(C(=O)c2ccncc2Cl)CC(C(=O)O)O1. The van der Waals surface area contributed by atoms with Gasteiger partial charge in [0, 0.05) is 18.9 Å². The molecule has 0 saturated carbocycles. The van der Waals surface area contributed by atoms with E-state index in [4.69, 9.17) is 21.4 Å². The summed E-state index contributed by atoms with van der Waals surface area (Å²) in [7, 11) is 0. The van der Waals surface area contributed by atoms with E-state index in [1.54, 1.807) is 6.92 Å². The Morgan fingerprint density at radius 1 is 1.53 bits per heavy atom. The maximum atomic E-state index is 12.3. The molecule has 2 atom stereocenters. The van der Waals surface area contributed by atoms with Crippen molar-refractivity contribution in [2.75, 3.05) is 13.1 Å². The number of hydrogen-bond acceptors (Lipinski definition) is 4. The Hall–Kier alpha value is -1.66. The molecule has 19 heavy (non-hydrogen) atoms. The number of aliphatic carboxylic acids is 1. The fraction of sp³-hybridized carbons (Fsp3) is 0.417. The highest BCUT2D eigenvalue weighted by molar-refractivity contribution is 6.33. The molecule has 2 heterocycles. The standard InChI is InChI=1S/C12H13ClN2O4/c1-7-5-15(6-10(19-7)12(17)18)11(16)8-2-3-14-4-9(8)13/h2-4,7,10H,5-6H2,1H3,(H,17,18)/t7-,10?/m1/s1. The van der Waals surface area contributed by atoms with Crippen LogP contribution in [0.1, 0.15) is 17.3 Å². The number of hydrogen-bond donors (Lipinski definition) is 1. The van der Waals surface area contributed by atoms with E-state index in [-0.39, 0.29) is 23.6 Å². The van der Waals surface area contributed by atoms with Crippen molar-refractivity contribution in [3.8, 4) is 0 Å². The van der Waals surface area contributed by atoms with Gasteiger partial charge >= 0.3 is 5.97 Å². The van der Waals surface area contributed by atoms with E-state index in [9.17, 15) is 9.59 Å². The number of carboxylic acids is 1. The van der Waals surface area contributed by atoms with E-state index < -0.39 is 12.1 Å². The van der Waals surface area contributed by atoms with E-state index in [1.165, 1.54) is 23.4 Å². The van der Waals surface area contributed by atoms with E-state index in [0.29, 0.717) is 12.1 Å². The predicted octanol–water partition coefficient (Wildman–Crippen LogP) is 1.05. The van der Waals surface area contributed by atoms with Crippen molar-refractivity contribution >= 4 is 23.5 Å². The Balaban J connectivity index is 2.19. The molecule has 0 radical (unpaired) electrons. The minimum absolute atomic E-state index is 0.0111. The van der Waals surface area contributed by atoms with Crippen molar-refractivity contribution in [2.45, 2.75) is 19.1 Å². The number of carbonyl (C=O) groups excluding carboxylic acids is 1. The average molecular weight is 285 g/mol. The van der Waals surface area contributed by atoms with Gasteiger partial charge in [0.1, 0.15) is 0 Å². The zero-order valence-corrected chi connectivity index (χ0v) is 11.0. The smallest absolute Gasteiger partial charge is 0.334 e. The maximum absolute atomic E-state index is 12.3. The van der Waals surface area contributed by atoms with Crippen LogP contribution >= 0.6 is 11.6 Å². The second-order valence-electron chi connectivity index (χ2n) is 4.34. The Morgan fingerprint density at radius 3 is 2.89 bits per heavy atom. The third-order valence-electron chi connectivity index (χ3n) is 2.83. The Morgan fingerprint density at radius 2 is 2.26 bits per heavy atom. The molecule has 1 aliphatic rings. The molecule has 0 aliphatic carbocycles. The van der Waals surface area contributed by atoms with E-state index in [0.717, 1.165) is 0 Å². The topological polar surface area (TPSA) is 79.7 Å². The summed E-state index contributed by atoms with van der Waals surface area (Å²) in [6, 6.07) is 1.51. The monoisotopic (exact) mass is 284 g/mol. The number of amides is 1. The molecule has 1 fully saturated rings. The fourth-order valence-electron chi connectivity index (χ4n) is 1.97. The summed E-state index contributed by atoms with van der Waals surface area (Å²) in [6.07, 6.45) is 1.51. The molecule has 1 aliphatic heterocycles. The summed E-state index contributed by atoms with van der Waals surface area (Å²) in [6.45, 7) is 2.07. The fourth-order valence-corrected chi connectivity index (χ4v) is 2.17. The molecule has 1 saturated heterocycles. The number of carbonyl (C=O) groups is 2. The van der Waals surface area contributed by atoms with Crippen LogP contribution in [0.2, 0.25) is 5.02 Å². The van der Waals surface area contributed by atoms with Crippen molar-refractivity contribution in [1.82, 2.24) is 9.88 Å². The van der Waals surface area contributed by atoms with Crippen LogP contribution in [0.3, 0.4) is 0 Å². The molecule has 1 N–H and O–H groups in total. The first-order valence-corrected chi connectivity index (χ1v) is 6.14. The molecule has 1 aromatic heterocycles. The van der Waals surface area contributed by atoms with Gasteiger partial charge in [0.15, 0.2) is 6.10 Å². The van der Waals surface area contributed by atoms with Crippen LogP contribution in [0, 0.1) is 0 Å². The van der Waals surface area contributed by atoms with Gasteiger partial charge in [0.2, 0.25) is 0 Å². The van der Waals surface area contributed by atoms with Crippen molar-refractivity contribution in [1.29, 1.82) is 0 Å². The molecule has 0 aromatic carbocycles. The number of rotatable bonds is 2. The van der Waals surface area contributed by atoms with Crippen LogP contribution in [0.25, 0.3) is 0 Å². The molecule has 1 aromatic rings. The van der Waals surface area contributed by atoms with Crippen molar-refractivity contribution in [2.24, 2.45) is 0 Å². The molecular formula is C12H13ClN2O4. The zero-order valence-electron chi connectivity index (χ0n) is 10.2. The molecule has 2 rings (SSSR count). The van der Waals surface area contributed by atoms with Gasteiger partial charge in [-0.15, -0.1) is 0 Å². The second kappa shape index (κ2) is 5.54. The number of halogens is 1. The second-order valence-corrected chi connectivity index (χ2v) is 4.75. The molecule has 1 amide bonds. The van der Waals surface area contributed by atoms with Crippen LogP contribution < -0.4 is 0 Å².